The van der Waals surface area contributed by atoms with E-state index < -0.39 is 0 Å². The van der Waals surface area contributed by atoms with Gasteiger partial charge >= 0.3 is 0 Å². The molecule has 0 heterocycles. The van der Waals surface area contributed by atoms with Gasteiger partial charge in [0, 0.05) is 0 Å². The van der Waals surface area contributed by atoms with E-state index in [1.54, 1.807) is 0 Å². The molecular weight excluding hydrogens is 67.0 g/mol. The number of halogens is 1. The molecule has 0 aromatic carbocycles. The van der Waals surface area contributed by atoms with Gasteiger partial charge in [0.2, 0.25) is 0 Å². The predicted molar refractivity (Wildman–Crippen MR) is 18.1 cm³/mol. The van der Waals surface area contributed by atoms with Gasteiger partial charge in [0.15, 0.2) is 0 Å². The average molecular weight is 73.1 g/mol. The van der Waals surface area contributed by atoms with Gasteiger partial charge in [-0.15, -0.1) is 0 Å². The Bertz CT molecular complexity index is 36.9. The van der Waals surface area contributed by atoms with E-state index >= 15 is 0 Å². The molecule has 0 bridgehead atoms. The van der Waals surface area contributed by atoms with Crippen LogP contribution < -0.4 is 0 Å². The molecule has 0 nitrogen and oxygen atoms in total. The molecule has 1 fully saturated rings. The molecule has 0 amide bonds. The lowest BCUT2D eigenvalue weighted by molar-refractivity contribution is 0.574. The third-order valence-electron chi connectivity index (χ3n) is 0.876. The standard InChI is InChI=1S/C4H6F/c1-3-2-4(3)5/h3H,2H2,1H3. The van der Waals surface area contributed by atoms with Crippen LogP contribution in [-0.2, 0) is 0 Å². The molecule has 0 aromatic rings. The zero-order chi connectivity index (χ0) is 3.86. The lowest BCUT2D eigenvalue weighted by atomic mass is 10.5. The van der Waals surface area contributed by atoms with Crippen LogP contribution in [0.5, 0.6) is 0 Å². The van der Waals surface area contributed by atoms with Crippen LogP contribution in [0.15, 0.2) is 0 Å². The highest BCUT2D eigenvalue weighted by Gasteiger charge is 2.33. The quantitative estimate of drug-likeness (QED) is 0.408. The Balaban J connectivity index is 2.20. The van der Waals surface area contributed by atoms with E-state index in [9.17, 15) is 4.39 Å². The van der Waals surface area contributed by atoms with Crippen LogP contribution in [-0.4, -0.2) is 0 Å². The highest BCUT2D eigenvalue weighted by molar-refractivity contribution is 5.01. The minimum Gasteiger partial charge on any atom is -0.240 e. The summed E-state index contributed by atoms with van der Waals surface area (Å²) < 4.78 is 11.4. The first kappa shape index (κ1) is 3.13. The minimum absolute atomic E-state index is 0.171. The molecule has 1 radical (unpaired) electrons. The molecule has 1 heteroatoms. The largest absolute Gasteiger partial charge is 0.240 e. The molecule has 1 aliphatic rings. The molecule has 1 atom stereocenters. The summed E-state index contributed by atoms with van der Waals surface area (Å²) in [6.45, 7) is 1.88. The van der Waals surface area contributed by atoms with Gasteiger partial charge in [-0.05, 0) is 12.3 Å². The predicted octanol–water partition coefficient (Wildman–Crippen LogP) is 1.53. The zero-order valence-corrected chi connectivity index (χ0v) is 3.16. The molecule has 1 saturated carbocycles. The molecule has 1 aliphatic carbocycles. The molecular formula is C4H6F. The van der Waals surface area contributed by atoms with Crippen LogP contribution in [0.4, 0.5) is 4.39 Å². The van der Waals surface area contributed by atoms with Crippen molar-refractivity contribution in [3.63, 3.8) is 0 Å². The van der Waals surface area contributed by atoms with Crippen LogP contribution in [0.3, 0.4) is 0 Å². The van der Waals surface area contributed by atoms with Gasteiger partial charge in [-0.1, -0.05) is 6.92 Å². The van der Waals surface area contributed by atoms with E-state index in [1.165, 1.54) is 0 Å². The van der Waals surface area contributed by atoms with Gasteiger partial charge in [0.25, 0.3) is 0 Å². The Labute approximate surface area is 31.0 Å². The summed E-state index contributed by atoms with van der Waals surface area (Å²) in [5.74, 6) is 0.301. The summed E-state index contributed by atoms with van der Waals surface area (Å²) in [5.41, 5.74) is 0. The maximum absolute atomic E-state index is 11.4. The minimum atomic E-state index is 0.171. The van der Waals surface area contributed by atoms with Crippen molar-refractivity contribution in [1.82, 2.24) is 0 Å². The third-order valence-corrected chi connectivity index (χ3v) is 0.876. The number of hydrogen-bond acceptors (Lipinski definition) is 0. The van der Waals surface area contributed by atoms with Crippen molar-refractivity contribution in [2.24, 2.45) is 5.92 Å². The van der Waals surface area contributed by atoms with Crippen molar-refractivity contribution in [2.75, 3.05) is 0 Å². The molecule has 0 N–H and O–H groups in total. The van der Waals surface area contributed by atoms with Crippen molar-refractivity contribution in [3.05, 3.63) is 6.17 Å². The smallest absolute Gasteiger partial charge is 0.148 e. The van der Waals surface area contributed by atoms with E-state index in [0.29, 0.717) is 5.92 Å². The van der Waals surface area contributed by atoms with Crippen molar-refractivity contribution in [2.45, 2.75) is 13.3 Å². The van der Waals surface area contributed by atoms with Crippen LogP contribution in [0.2, 0.25) is 0 Å². The summed E-state index contributed by atoms with van der Waals surface area (Å²) in [7, 11) is 0. The highest BCUT2D eigenvalue weighted by Crippen LogP contribution is 2.40. The summed E-state index contributed by atoms with van der Waals surface area (Å²) in [6.07, 6.45) is 0.894. The second-order valence-corrected chi connectivity index (χ2v) is 1.55. The first-order valence-electron chi connectivity index (χ1n) is 1.82. The van der Waals surface area contributed by atoms with E-state index in [1.807, 2.05) is 6.92 Å². The number of rotatable bonds is 0. The first-order chi connectivity index (χ1) is 2.30. The molecule has 1 rings (SSSR count). The Morgan fingerprint density at radius 2 is 2.20 bits per heavy atom. The summed E-state index contributed by atoms with van der Waals surface area (Å²) in [6, 6.07) is 0. The lowest BCUT2D eigenvalue weighted by Gasteiger charge is -1.61. The maximum atomic E-state index is 11.4. The molecule has 0 saturated heterocycles. The van der Waals surface area contributed by atoms with Crippen molar-refractivity contribution in [1.29, 1.82) is 0 Å². The Morgan fingerprint density at radius 3 is 2.20 bits per heavy atom. The Morgan fingerprint density at radius 1 is 2.00 bits per heavy atom. The fraction of sp³-hybridized carbons (Fsp3) is 0.750. The molecule has 5 heavy (non-hydrogen) atoms. The van der Waals surface area contributed by atoms with Gasteiger partial charge in [0.1, 0.15) is 6.17 Å². The molecule has 0 aliphatic heterocycles. The molecule has 29 valence electrons. The Kier molecular flexibility index (Phi) is 0.440. The van der Waals surface area contributed by atoms with Gasteiger partial charge in [-0.25, -0.2) is 4.39 Å². The van der Waals surface area contributed by atoms with Crippen LogP contribution in [0, 0.1) is 12.1 Å². The monoisotopic (exact) mass is 73.0 g/mol. The lowest BCUT2D eigenvalue weighted by Crippen LogP contribution is -1.52. The van der Waals surface area contributed by atoms with Crippen molar-refractivity contribution in [3.8, 4) is 0 Å². The number of hydrogen-bond donors (Lipinski definition) is 0. The summed E-state index contributed by atoms with van der Waals surface area (Å²) >= 11 is 0. The fourth-order valence-electron chi connectivity index (χ4n) is 0.234. The second kappa shape index (κ2) is 0.703. The third kappa shape index (κ3) is 0.416. The second-order valence-electron chi connectivity index (χ2n) is 1.55. The molecule has 0 aromatic heterocycles. The first-order valence-corrected chi connectivity index (χ1v) is 1.82. The zero-order valence-electron chi connectivity index (χ0n) is 3.16. The van der Waals surface area contributed by atoms with E-state index in [0.717, 1.165) is 6.42 Å². The van der Waals surface area contributed by atoms with E-state index in [-0.39, 0.29) is 6.17 Å². The molecule has 0 spiro atoms. The normalized spacial score (nSPS) is 38.4. The van der Waals surface area contributed by atoms with Gasteiger partial charge in [-0.2, -0.15) is 0 Å². The topological polar surface area (TPSA) is 0 Å². The SMILES string of the molecule is CC1C[C]1F. The van der Waals surface area contributed by atoms with Gasteiger partial charge in [-0.3, -0.25) is 0 Å². The van der Waals surface area contributed by atoms with Crippen LogP contribution in [0.1, 0.15) is 13.3 Å². The Hall–Kier alpha value is -0.0700. The maximum Gasteiger partial charge on any atom is 0.148 e. The van der Waals surface area contributed by atoms with Gasteiger partial charge < -0.3 is 0 Å². The summed E-state index contributed by atoms with van der Waals surface area (Å²) in [5, 5.41) is 0. The van der Waals surface area contributed by atoms with Crippen molar-refractivity contribution < 1.29 is 4.39 Å². The van der Waals surface area contributed by atoms with Crippen LogP contribution >= 0.6 is 0 Å². The van der Waals surface area contributed by atoms with Gasteiger partial charge in [0.05, 0.1) is 0 Å². The summed E-state index contributed by atoms with van der Waals surface area (Å²) in [4.78, 5) is 0. The van der Waals surface area contributed by atoms with E-state index in [2.05, 4.69) is 0 Å². The van der Waals surface area contributed by atoms with Crippen LogP contribution in [0.25, 0.3) is 0 Å². The fourth-order valence-corrected chi connectivity index (χ4v) is 0.234. The van der Waals surface area contributed by atoms with Crippen molar-refractivity contribution >= 4 is 0 Å². The molecule has 1 unspecified atom stereocenters. The van der Waals surface area contributed by atoms with E-state index in [4.69, 9.17) is 0 Å². The highest BCUT2D eigenvalue weighted by atomic mass is 19.1. The average Bonchev–Trinajstić information content (AvgIpc) is 1.79.